The van der Waals surface area contributed by atoms with Crippen molar-refractivity contribution < 1.29 is 18.7 Å². The number of hydrogen-bond donors (Lipinski definition) is 0. The van der Waals surface area contributed by atoms with Gasteiger partial charge in [-0.15, -0.1) is 0 Å². The number of amides is 1. The Labute approximate surface area is 152 Å². The average molecular weight is 358 g/mol. The summed E-state index contributed by atoms with van der Waals surface area (Å²) >= 11 is 0. The average Bonchev–Trinajstić information content (AvgIpc) is 2.55. The highest BCUT2D eigenvalue weighted by Crippen LogP contribution is 2.34. The van der Waals surface area contributed by atoms with Gasteiger partial charge in [-0.1, -0.05) is 12.1 Å². The summed E-state index contributed by atoms with van der Waals surface area (Å²) in [5.74, 6) is 0.146. The summed E-state index contributed by atoms with van der Waals surface area (Å²) in [6.45, 7) is 7.76. The Morgan fingerprint density at radius 2 is 2.00 bits per heavy atom. The maximum Gasteiger partial charge on any atom is 0.415 e. The van der Waals surface area contributed by atoms with Crippen molar-refractivity contribution in [2.45, 2.75) is 45.8 Å². The number of hydrogen-bond acceptors (Lipinski definition) is 4. The monoisotopic (exact) mass is 358 g/mol. The van der Waals surface area contributed by atoms with Crippen LogP contribution in [0.1, 0.15) is 38.8 Å². The molecule has 26 heavy (non-hydrogen) atoms. The number of anilines is 1. The van der Waals surface area contributed by atoms with Gasteiger partial charge in [0.05, 0.1) is 6.04 Å². The molecule has 1 aliphatic heterocycles. The number of pyridine rings is 1. The molecule has 0 N–H and O–H groups in total. The number of carbonyl (C=O) groups is 1. The van der Waals surface area contributed by atoms with E-state index in [1.165, 1.54) is 12.1 Å². The number of benzene rings is 1. The number of ether oxygens (including phenoxy) is 2. The van der Waals surface area contributed by atoms with E-state index < -0.39 is 11.7 Å². The van der Waals surface area contributed by atoms with E-state index in [9.17, 15) is 9.18 Å². The van der Waals surface area contributed by atoms with Crippen LogP contribution in [0.15, 0.2) is 36.5 Å². The lowest BCUT2D eigenvalue weighted by molar-refractivity contribution is 0.0546. The molecule has 138 valence electrons. The largest absolute Gasteiger partial charge is 0.474 e. The summed E-state index contributed by atoms with van der Waals surface area (Å²) in [7, 11) is 0. The molecule has 1 atom stereocenters. The Balaban J connectivity index is 1.89. The van der Waals surface area contributed by atoms with Crippen LogP contribution in [-0.2, 0) is 11.2 Å². The topological polar surface area (TPSA) is 51.7 Å². The van der Waals surface area contributed by atoms with Crippen molar-refractivity contribution in [2.75, 3.05) is 11.5 Å². The fourth-order valence-corrected chi connectivity index (χ4v) is 2.80. The van der Waals surface area contributed by atoms with Crippen molar-refractivity contribution in [3.05, 3.63) is 53.5 Å². The van der Waals surface area contributed by atoms with E-state index in [0.717, 1.165) is 11.1 Å². The highest BCUT2D eigenvalue weighted by Gasteiger charge is 2.33. The Hall–Kier alpha value is -2.63. The molecule has 0 spiro atoms. The fourth-order valence-electron chi connectivity index (χ4n) is 2.80. The quantitative estimate of drug-likeness (QED) is 0.802. The first-order valence-corrected chi connectivity index (χ1v) is 8.61. The van der Waals surface area contributed by atoms with Gasteiger partial charge in [0.2, 0.25) is 5.88 Å². The summed E-state index contributed by atoms with van der Waals surface area (Å²) < 4.78 is 24.3. The van der Waals surface area contributed by atoms with Gasteiger partial charge in [-0.05, 0) is 63.4 Å². The molecule has 0 unspecified atom stereocenters. The number of fused-ring (bicyclic) bond motifs is 1. The summed E-state index contributed by atoms with van der Waals surface area (Å²) in [4.78, 5) is 18.6. The molecule has 0 saturated carbocycles. The molecule has 2 heterocycles. The Morgan fingerprint density at radius 3 is 2.65 bits per heavy atom. The van der Waals surface area contributed by atoms with Crippen LogP contribution in [0.2, 0.25) is 0 Å². The van der Waals surface area contributed by atoms with Gasteiger partial charge in [-0.3, -0.25) is 4.90 Å². The maximum atomic E-state index is 13.1. The third-order valence-electron chi connectivity index (χ3n) is 3.96. The lowest BCUT2D eigenvalue weighted by Gasteiger charge is -2.35. The van der Waals surface area contributed by atoms with Crippen LogP contribution in [-0.4, -0.2) is 29.3 Å². The molecule has 5 nitrogen and oxygen atoms in total. The van der Waals surface area contributed by atoms with Crippen molar-refractivity contribution in [3.63, 3.8) is 0 Å². The van der Waals surface area contributed by atoms with Crippen molar-refractivity contribution in [1.82, 2.24) is 4.98 Å². The Bertz CT molecular complexity index is 800. The Morgan fingerprint density at radius 1 is 1.31 bits per heavy atom. The van der Waals surface area contributed by atoms with Crippen molar-refractivity contribution >= 4 is 11.8 Å². The smallest absolute Gasteiger partial charge is 0.415 e. The molecule has 0 radical (unpaired) electrons. The van der Waals surface area contributed by atoms with Crippen LogP contribution < -0.4 is 9.64 Å². The third-order valence-corrected chi connectivity index (χ3v) is 3.96. The zero-order chi connectivity index (χ0) is 18.9. The minimum absolute atomic E-state index is 0.166. The standard InChI is InChI=1S/C20H23FN2O3/c1-13-12-25-18-17(23(13)19(24)26-20(2,3)4)10-15(11-22-18)9-14-5-7-16(21)8-6-14/h5-8,10-11,13H,9,12H2,1-4H3/t13-/m0/s1. The minimum atomic E-state index is -0.589. The number of aromatic nitrogens is 1. The first-order chi connectivity index (χ1) is 12.2. The normalized spacial score (nSPS) is 16.7. The fraction of sp³-hybridized carbons (Fsp3) is 0.400. The molecule has 1 aromatic carbocycles. The summed E-state index contributed by atoms with van der Waals surface area (Å²) in [5.41, 5.74) is 1.87. The van der Waals surface area contributed by atoms with Crippen LogP contribution in [0.25, 0.3) is 0 Å². The highest BCUT2D eigenvalue weighted by molar-refractivity contribution is 5.90. The van der Waals surface area contributed by atoms with Crippen molar-refractivity contribution in [3.8, 4) is 5.88 Å². The number of nitrogens with zero attached hydrogens (tertiary/aromatic N) is 2. The lowest BCUT2D eigenvalue weighted by Crippen LogP contribution is -2.47. The molecule has 0 saturated heterocycles. The lowest BCUT2D eigenvalue weighted by atomic mass is 10.1. The molecule has 0 aliphatic carbocycles. The van der Waals surface area contributed by atoms with Crippen LogP contribution in [0.3, 0.4) is 0 Å². The van der Waals surface area contributed by atoms with Gasteiger partial charge in [0.1, 0.15) is 23.7 Å². The van der Waals surface area contributed by atoms with Gasteiger partial charge in [0, 0.05) is 6.20 Å². The van der Waals surface area contributed by atoms with Gasteiger partial charge in [0.15, 0.2) is 0 Å². The second kappa shape index (κ2) is 6.94. The summed E-state index contributed by atoms with van der Waals surface area (Å²) in [6, 6.07) is 8.04. The van der Waals surface area contributed by atoms with Crippen LogP contribution in [0, 0.1) is 5.82 Å². The predicted octanol–water partition coefficient (Wildman–Crippen LogP) is 4.33. The molecule has 3 rings (SSSR count). The highest BCUT2D eigenvalue weighted by atomic mass is 19.1. The molecule has 1 aliphatic rings. The van der Waals surface area contributed by atoms with E-state index in [1.54, 1.807) is 23.2 Å². The van der Waals surface area contributed by atoms with Crippen LogP contribution in [0.5, 0.6) is 5.88 Å². The van der Waals surface area contributed by atoms with Gasteiger partial charge in [-0.25, -0.2) is 14.2 Å². The van der Waals surface area contributed by atoms with Crippen LogP contribution >= 0.6 is 0 Å². The molecule has 1 aromatic heterocycles. The second-order valence-electron chi connectivity index (χ2n) is 7.48. The number of halogens is 1. The first kappa shape index (κ1) is 18.2. The summed E-state index contributed by atoms with van der Waals surface area (Å²) in [5, 5.41) is 0. The molecule has 6 heteroatoms. The minimum Gasteiger partial charge on any atom is -0.474 e. The van der Waals surface area contributed by atoms with E-state index in [-0.39, 0.29) is 11.9 Å². The van der Waals surface area contributed by atoms with E-state index in [1.807, 2.05) is 33.8 Å². The number of carbonyl (C=O) groups excluding carboxylic acids is 1. The molecule has 2 aromatic rings. The third kappa shape index (κ3) is 4.12. The van der Waals surface area contributed by atoms with Crippen molar-refractivity contribution in [2.24, 2.45) is 0 Å². The molecular weight excluding hydrogens is 335 g/mol. The summed E-state index contributed by atoms with van der Waals surface area (Å²) in [6.07, 6.45) is 1.87. The van der Waals surface area contributed by atoms with Gasteiger partial charge >= 0.3 is 6.09 Å². The van der Waals surface area contributed by atoms with Gasteiger partial charge in [-0.2, -0.15) is 0 Å². The van der Waals surface area contributed by atoms with Crippen LogP contribution in [0.4, 0.5) is 14.9 Å². The first-order valence-electron chi connectivity index (χ1n) is 8.61. The molecule has 1 amide bonds. The molecule has 0 bridgehead atoms. The maximum absolute atomic E-state index is 13.1. The second-order valence-corrected chi connectivity index (χ2v) is 7.48. The van der Waals surface area contributed by atoms with Crippen molar-refractivity contribution in [1.29, 1.82) is 0 Å². The zero-order valence-electron chi connectivity index (χ0n) is 15.5. The van der Waals surface area contributed by atoms with E-state index in [4.69, 9.17) is 9.47 Å². The predicted molar refractivity (Wildman–Crippen MR) is 97.1 cm³/mol. The Kier molecular flexibility index (Phi) is 4.85. The zero-order valence-corrected chi connectivity index (χ0v) is 15.5. The van der Waals surface area contributed by atoms with E-state index in [0.29, 0.717) is 24.6 Å². The van der Waals surface area contributed by atoms with Gasteiger partial charge in [0.25, 0.3) is 0 Å². The van der Waals surface area contributed by atoms with Gasteiger partial charge < -0.3 is 9.47 Å². The molecule has 0 fully saturated rings. The van der Waals surface area contributed by atoms with E-state index >= 15 is 0 Å². The number of rotatable bonds is 2. The van der Waals surface area contributed by atoms with E-state index in [2.05, 4.69) is 4.98 Å². The SMILES string of the molecule is C[C@H]1COc2ncc(Cc3ccc(F)cc3)cc2N1C(=O)OC(C)(C)C. The molecular formula is C20H23FN2O3.